The molecular weight excluding hydrogens is 386 g/mol. The number of fused-ring (bicyclic) bond motifs is 1. The first-order valence-electron chi connectivity index (χ1n) is 9.46. The molecule has 1 aromatic rings. The Kier molecular flexibility index (Phi) is 7.41. The lowest BCUT2D eigenvalue weighted by atomic mass is 10.1. The molecule has 0 radical (unpaired) electrons. The lowest BCUT2D eigenvalue weighted by Gasteiger charge is -2.35. The maximum Gasteiger partial charge on any atom is 0.415 e. The fraction of sp³-hybridized carbons (Fsp3) is 0.600. The van der Waals surface area contributed by atoms with Crippen LogP contribution in [-0.4, -0.2) is 43.5 Å². The molecule has 2 rings (SSSR count). The number of amides is 1. The van der Waals surface area contributed by atoms with Crippen molar-refractivity contribution in [2.75, 3.05) is 24.7 Å². The average Bonchev–Trinajstić information content (AvgIpc) is 2.60. The predicted molar refractivity (Wildman–Crippen MR) is 106 cm³/mol. The number of rotatable bonds is 6. The van der Waals surface area contributed by atoms with Gasteiger partial charge >= 0.3 is 12.1 Å². The molecule has 0 N–H and O–H groups in total. The monoisotopic (exact) mass is 413 g/mol. The van der Waals surface area contributed by atoms with Crippen molar-refractivity contribution >= 4 is 29.4 Å². The van der Waals surface area contributed by atoms with Crippen LogP contribution in [0.4, 0.5) is 10.5 Å². The van der Waals surface area contributed by atoms with Gasteiger partial charge in [-0.2, -0.15) is 0 Å². The van der Waals surface area contributed by atoms with Crippen LogP contribution < -0.4 is 14.4 Å². The minimum atomic E-state index is -0.968. The zero-order valence-corrected chi connectivity index (χ0v) is 17.8. The Morgan fingerprint density at radius 1 is 1.29 bits per heavy atom. The number of hydrogen-bond donors (Lipinski definition) is 0. The lowest BCUT2D eigenvalue weighted by Crippen LogP contribution is -2.49. The van der Waals surface area contributed by atoms with Crippen LogP contribution in [0.1, 0.15) is 47.5 Å². The molecular formula is C20H28ClNO6. The van der Waals surface area contributed by atoms with Gasteiger partial charge < -0.3 is 18.9 Å². The van der Waals surface area contributed by atoms with E-state index in [-0.39, 0.29) is 13.2 Å². The first kappa shape index (κ1) is 22.1. The molecule has 1 aliphatic rings. The number of nitrogens with zero attached hydrogens (tertiary/aromatic N) is 1. The normalized spacial score (nSPS) is 16.1. The first-order chi connectivity index (χ1) is 13.2. The van der Waals surface area contributed by atoms with Crippen molar-refractivity contribution in [3.63, 3.8) is 0 Å². The van der Waals surface area contributed by atoms with Crippen LogP contribution in [0.5, 0.6) is 11.5 Å². The smallest absolute Gasteiger partial charge is 0.415 e. The molecule has 7 nitrogen and oxygen atoms in total. The third kappa shape index (κ3) is 5.67. The molecule has 28 heavy (non-hydrogen) atoms. The summed E-state index contributed by atoms with van der Waals surface area (Å²) in [5, 5.41) is 0.349. The van der Waals surface area contributed by atoms with Gasteiger partial charge in [0, 0.05) is 6.07 Å². The number of esters is 1. The molecule has 1 unspecified atom stereocenters. The molecule has 1 heterocycles. The van der Waals surface area contributed by atoms with E-state index in [0.717, 1.165) is 12.8 Å². The van der Waals surface area contributed by atoms with E-state index < -0.39 is 23.8 Å². The highest BCUT2D eigenvalue weighted by Gasteiger charge is 2.37. The third-order valence-corrected chi connectivity index (χ3v) is 4.14. The minimum Gasteiger partial charge on any atom is -0.492 e. The number of hydrogen-bond acceptors (Lipinski definition) is 6. The van der Waals surface area contributed by atoms with Crippen molar-refractivity contribution in [3.05, 3.63) is 17.2 Å². The second-order valence-corrected chi connectivity index (χ2v) is 7.81. The van der Waals surface area contributed by atoms with E-state index >= 15 is 0 Å². The lowest BCUT2D eigenvalue weighted by molar-refractivity contribution is -0.151. The zero-order chi connectivity index (χ0) is 20.9. The molecule has 0 saturated carbocycles. The quantitative estimate of drug-likeness (QED) is 0.501. The topological polar surface area (TPSA) is 74.3 Å². The molecule has 1 atom stereocenters. The van der Waals surface area contributed by atoms with Crippen molar-refractivity contribution in [2.24, 2.45) is 0 Å². The molecule has 156 valence electrons. The van der Waals surface area contributed by atoms with Crippen LogP contribution in [0.25, 0.3) is 0 Å². The second-order valence-electron chi connectivity index (χ2n) is 7.40. The Balaban J connectivity index is 2.37. The number of carbonyl (C=O) groups is 2. The maximum atomic E-state index is 12.7. The third-order valence-electron chi connectivity index (χ3n) is 3.84. The van der Waals surface area contributed by atoms with Gasteiger partial charge in [-0.25, -0.2) is 9.59 Å². The van der Waals surface area contributed by atoms with Crippen LogP contribution in [0.15, 0.2) is 12.1 Å². The molecule has 0 bridgehead atoms. The summed E-state index contributed by atoms with van der Waals surface area (Å²) in [6.07, 6.45) is 0.298. The predicted octanol–water partition coefficient (Wildman–Crippen LogP) is 4.58. The van der Waals surface area contributed by atoms with Crippen LogP contribution in [0.3, 0.4) is 0 Å². The van der Waals surface area contributed by atoms with Gasteiger partial charge in [-0.3, -0.25) is 4.90 Å². The van der Waals surface area contributed by atoms with E-state index in [2.05, 4.69) is 6.92 Å². The SMILES string of the molecule is CCCCOc1cc2c(cc1Cl)N(C(=O)OC(C)(C)C)CC(C(=O)OCC)O2. The van der Waals surface area contributed by atoms with Gasteiger partial charge in [0.25, 0.3) is 0 Å². The Hall–Kier alpha value is -2.15. The summed E-state index contributed by atoms with van der Waals surface area (Å²) < 4.78 is 22.0. The van der Waals surface area contributed by atoms with Gasteiger partial charge in [0.15, 0.2) is 0 Å². The molecule has 1 amide bonds. The number of benzene rings is 1. The molecule has 0 spiro atoms. The van der Waals surface area contributed by atoms with Crippen molar-refractivity contribution in [1.82, 2.24) is 0 Å². The van der Waals surface area contributed by atoms with Crippen LogP contribution in [0, 0.1) is 0 Å². The largest absolute Gasteiger partial charge is 0.492 e. The van der Waals surface area contributed by atoms with Gasteiger partial charge in [0.1, 0.15) is 17.1 Å². The van der Waals surface area contributed by atoms with Crippen molar-refractivity contribution in [1.29, 1.82) is 0 Å². The van der Waals surface area contributed by atoms with Crippen molar-refractivity contribution < 1.29 is 28.5 Å². The molecule has 1 aliphatic heterocycles. The minimum absolute atomic E-state index is 0.0346. The van der Waals surface area contributed by atoms with E-state index in [4.69, 9.17) is 30.5 Å². The van der Waals surface area contributed by atoms with E-state index in [0.29, 0.717) is 28.8 Å². The Labute approximate surface area is 170 Å². The van der Waals surface area contributed by atoms with E-state index in [1.807, 2.05) is 0 Å². The van der Waals surface area contributed by atoms with Crippen LogP contribution in [0.2, 0.25) is 5.02 Å². The number of carbonyl (C=O) groups excluding carboxylic acids is 2. The maximum absolute atomic E-state index is 12.7. The van der Waals surface area contributed by atoms with Gasteiger partial charge in [0.2, 0.25) is 6.10 Å². The summed E-state index contributed by atoms with van der Waals surface area (Å²) in [6.45, 7) is 9.76. The number of unbranched alkanes of at least 4 members (excludes halogenated alkanes) is 1. The Morgan fingerprint density at radius 3 is 2.61 bits per heavy atom. The summed E-state index contributed by atoms with van der Waals surface area (Å²) in [6, 6.07) is 3.18. The van der Waals surface area contributed by atoms with Crippen LogP contribution in [-0.2, 0) is 14.3 Å². The molecule has 0 aromatic heterocycles. The second kappa shape index (κ2) is 9.37. The van der Waals surface area contributed by atoms with Gasteiger partial charge in [-0.1, -0.05) is 24.9 Å². The highest BCUT2D eigenvalue weighted by atomic mass is 35.5. The molecule has 0 saturated heterocycles. The Bertz CT molecular complexity index is 715. The summed E-state index contributed by atoms with van der Waals surface area (Å²) in [5.74, 6) is 0.193. The van der Waals surface area contributed by atoms with Crippen molar-refractivity contribution in [3.8, 4) is 11.5 Å². The fourth-order valence-electron chi connectivity index (χ4n) is 2.57. The van der Waals surface area contributed by atoms with Crippen LogP contribution >= 0.6 is 11.6 Å². The average molecular weight is 414 g/mol. The number of halogens is 1. The number of anilines is 1. The van der Waals surface area contributed by atoms with Gasteiger partial charge in [-0.15, -0.1) is 0 Å². The summed E-state index contributed by atoms with van der Waals surface area (Å²) in [4.78, 5) is 26.3. The van der Waals surface area contributed by atoms with Crippen molar-refractivity contribution in [2.45, 2.75) is 59.2 Å². The standard InChI is InChI=1S/C20H28ClNO6/c1-6-8-9-26-15-11-16-14(10-13(15)21)22(19(24)28-20(3,4)5)12-17(27-16)18(23)25-7-2/h10-11,17H,6-9,12H2,1-5H3. The highest BCUT2D eigenvalue weighted by molar-refractivity contribution is 6.32. The zero-order valence-electron chi connectivity index (χ0n) is 17.0. The van der Waals surface area contributed by atoms with Gasteiger partial charge in [-0.05, 0) is 40.2 Å². The highest BCUT2D eigenvalue weighted by Crippen LogP contribution is 2.42. The number of ether oxygens (including phenoxy) is 4. The Morgan fingerprint density at radius 2 is 2.00 bits per heavy atom. The van der Waals surface area contributed by atoms with E-state index in [1.165, 1.54) is 4.90 Å². The summed E-state index contributed by atoms with van der Waals surface area (Å²) in [7, 11) is 0. The summed E-state index contributed by atoms with van der Waals surface area (Å²) >= 11 is 6.34. The fourth-order valence-corrected chi connectivity index (χ4v) is 2.78. The molecule has 0 aliphatic carbocycles. The molecule has 0 fully saturated rings. The first-order valence-corrected chi connectivity index (χ1v) is 9.84. The summed E-state index contributed by atoms with van der Waals surface area (Å²) in [5.41, 5.74) is -0.273. The van der Waals surface area contributed by atoms with Gasteiger partial charge in [0.05, 0.1) is 30.5 Å². The molecule has 8 heteroatoms. The van der Waals surface area contributed by atoms with E-state index in [9.17, 15) is 9.59 Å². The van der Waals surface area contributed by atoms with E-state index in [1.54, 1.807) is 39.8 Å². The molecule has 1 aromatic carbocycles.